The van der Waals surface area contributed by atoms with Gasteiger partial charge in [0.05, 0.1) is 0 Å². The van der Waals surface area contributed by atoms with Crippen molar-refractivity contribution in [1.29, 1.82) is 0 Å². The van der Waals surface area contributed by atoms with Crippen LogP contribution in [0.3, 0.4) is 0 Å². The summed E-state index contributed by atoms with van der Waals surface area (Å²) in [6.45, 7) is 2.78. The van der Waals surface area contributed by atoms with Crippen LogP contribution in [0.15, 0.2) is 0 Å². The van der Waals surface area contributed by atoms with Crippen LogP contribution in [0.2, 0.25) is 0 Å². The van der Waals surface area contributed by atoms with Gasteiger partial charge in [0, 0.05) is 13.7 Å². The molecule has 0 saturated carbocycles. The Morgan fingerprint density at radius 3 is 1.50 bits per heavy atom. The average Bonchev–Trinajstić information content (AvgIpc) is 1.37. The molecule has 0 aromatic rings. The molecule has 0 aromatic heterocycles. The van der Waals surface area contributed by atoms with Crippen molar-refractivity contribution in [3.63, 3.8) is 0 Å². The molecule has 0 spiro atoms. The molecule has 0 bridgehead atoms. The third-order valence-electron chi connectivity index (χ3n) is 0.289. The summed E-state index contributed by atoms with van der Waals surface area (Å²) in [6, 6.07) is 0. The third-order valence-corrected chi connectivity index (χ3v) is 0.289. The highest BCUT2D eigenvalue weighted by Crippen LogP contribution is 1.52. The monoisotopic (exact) mass is 92.1 g/mol. The van der Waals surface area contributed by atoms with E-state index in [1.54, 1.807) is 7.11 Å². The minimum absolute atomic E-state index is 0. The van der Waals surface area contributed by atoms with Gasteiger partial charge in [-0.25, -0.2) is 0 Å². The normalized spacial score (nSPS) is 5.00. The molecular formula is C5H16O. The van der Waals surface area contributed by atoms with Crippen LogP contribution in [0.4, 0.5) is 0 Å². The number of hydrogen-bond acceptors (Lipinski definition) is 1. The predicted octanol–water partition coefficient (Wildman–Crippen LogP) is 1.92. The van der Waals surface area contributed by atoms with E-state index < -0.39 is 0 Å². The molecule has 0 amide bonds. The highest BCUT2D eigenvalue weighted by Gasteiger charge is 1.51. The van der Waals surface area contributed by atoms with Crippen molar-refractivity contribution >= 4 is 0 Å². The number of hydrogen-bond donors (Lipinski definition) is 0. The maximum absolute atomic E-state index is 4.54. The highest BCUT2D eigenvalue weighted by molar-refractivity contribution is 3.94. The highest BCUT2D eigenvalue weighted by atomic mass is 16.5. The molecule has 0 saturated heterocycles. The first-order chi connectivity index (χ1) is 1.91. The molecule has 0 aliphatic heterocycles. The van der Waals surface area contributed by atoms with Gasteiger partial charge in [0.1, 0.15) is 0 Å². The molecular weight excluding hydrogens is 76.1 g/mol. The van der Waals surface area contributed by atoms with Crippen molar-refractivity contribution in [2.75, 3.05) is 13.7 Å². The van der Waals surface area contributed by atoms with Gasteiger partial charge in [-0.15, -0.1) is 0 Å². The van der Waals surface area contributed by atoms with Crippen molar-refractivity contribution < 1.29 is 4.74 Å². The van der Waals surface area contributed by atoms with Gasteiger partial charge in [-0.1, -0.05) is 14.9 Å². The number of ether oxygens (including phenoxy) is 1. The smallest absolute Gasteiger partial charge is 0.0433 e. The molecule has 0 unspecified atom stereocenters. The van der Waals surface area contributed by atoms with Crippen molar-refractivity contribution in [2.24, 2.45) is 0 Å². The Labute approximate surface area is 41.3 Å². The van der Waals surface area contributed by atoms with Crippen LogP contribution >= 0.6 is 0 Å². The molecule has 0 heterocycles. The average molecular weight is 92.2 g/mol. The molecule has 0 rings (SSSR count). The van der Waals surface area contributed by atoms with Crippen LogP contribution in [-0.4, -0.2) is 13.7 Å². The zero-order chi connectivity index (χ0) is 3.41. The fraction of sp³-hybridized carbons (Fsp3) is 1.00. The van der Waals surface area contributed by atoms with Crippen LogP contribution in [-0.2, 0) is 4.74 Å². The molecule has 1 nitrogen and oxygen atoms in total. The Bertz CT molecular complexity index is 5.90. The first-order valence-electron chi connectivity index (χ1n) is 1.40. The lowest BCUT2D eigenvalue weighted by Crippen LogP contribution is -1.73. The van der Waals surface area contributed by atoms with Crippen molar-refractivity contribution in [3.05, 3.63) is 0 Å². The zero-order valence-corrected chi connectivity index (χ0v) is 3.12. The Balaban J connectivity index is -0.0000000450. The van der Waals surface area contributed by atoms with E-state index in [-0.39, 0.29) is 14.9 Å². The van der Waals surface area contributed by atoms with E-state index in [0.717, 1.165) is 6.61 Å². The topological polar surface area (TPSA) is 9.23 Å². The summed E-state index contributed by atoms with van der Waals surface area (Å²) >= 11 is 0. The van der Waals surface area contributed by atoms with Gasteiger partial charge in [-0.3, -0.25) is 0 Å². The molecule has 0 fully saturated rings. The molecule has 1 heteroatoms. The maximum atomic E-state index is 4.54. The minimum atomic E-state index is 0. The van der Waals surface area contributed by atoms with E-state index in [0.29, 0.717) is 0 Å². The summed E-state index contributed by atoms with van der Waals surface area (Å²) in [5, 5.41) is 0. The Morgan fingerprint density at radius 2 is 1.50 bits per heavy atom. The molecule has 0 radical (unpaired) electrons. The lowest BCUT2D eigenvalue weighted by molar-refractivity contribution is 0.215. The first kappa shape index (κ1) is 16.7. The summed E-state index contributed by atoms with van der Waals surface area (Å²) in [4.78, 5) is 0. The second kappa shape index (κ2) is 20.2. The van der Waals surface area contributed by atoms with Gasteiger partial charge >= 0.3 is 0 Å². The van der Waals surface area contributed by atoms with E-state index in [4.69, 9.17) is 0 Å². The van der Waals surface area contributed by atoms with Gasteiger partial charge < -0.3 is 4.74 Å². The standard InChI is InChI=1S/C3H8O.2CH4/c1-3-4-2;;/h3H2,1-2H3;2*1H4. The Morgan fingerprint density at radius 1 is 1.33 bits per heavy atom. The molecule has 0 aliphatic carbocycles. The fourth-order valence-electron chi connectivity index (χ4n) is 0. The zero-order valence-electron chi connectivity index (χ0n) is 3.12. The van der Waals surface area contributed by atoms with E-state index in [2.05, 4.69) is 4.74 Å². The molecule has 0 aromatic carbocycles. The lowest BCUT2D eigenvalue weighted by atomic mass is 10.9. The van der Waals surface area contributed by atoms with E-state index in [1.807, 2.05) is 6.92 Å². The molecule has 0 N–H and O–H groups in total. The summed E-state index contributed by atoms with van der Waals surface area (Å²) in [5.74, 6) is 0. The number of methoxy groups -OCH3 is 1. The largest absolute Gasteiger partial charge is 0.385 e. The molecule has 6 heavy (non-hydrogen) atoms. The summed E-state index contributed by atoms with van der Waals surface area (Å²) < 4.78 is 4.54. The third kappa shape index (κ3) is 37.6. The Hall–Kier alpha value is -0.0400. The molecule has 42 valence electrons. The summed E-state index contributed by atoms with van der Waals surface area (Å²) in [5.41, 5.74) is 0. The minimum Gasteiger partial charge on any atom is -0.385 e. The van der Waals surface area contributed by atoms with Gasteiger partial charge in [0.25, 0.3) is 0 Å². The van der Waals surface area contributed by atoms with Crippen LogP contribution in [0.1, 0.15) is 21.8 Å². The van der Waals surface area contributed by atoms with Gasteiger partial charge in [-0.2, -0.15) is 0 Å². The van der Waals surface area contributed by atoms with Crippen LogP contribution in [0.25, 0.3) is 0 Å². The maximum Gasteiger partial charge on any atom is 0.0433 e. The quantitative estimate of drug-likeness (QED) is 0.480. The number of rotatable bonds is 1. The fourth-order valence-corrected chi connectivity index (χ4v) is 0. The van der Waals surface area contributed by atoms with Crippen LogP contribution in [0.5, 0.6) is 0 Å². The SMILES string of the molecule is C.C.CCOC. The van der Waals surface area contributed by atoms with Crippen molar-refractivity contribution in [1.82, 2.24) is 0 Å². The summed E-state index contributed by atoms with van der Waals surface area (Å²) in [6.07, 6.45) is 0. The van der Waals surface area contributed by atoms with Crippen LogP contribution in [0, 0.1) is 0 Å². The van der Waals surface area contributed by atoms with Gasteiger partial charge in [-0.05, 0) is 6.92 Å². The van der Waals surface area contributed by atoms with Crippen LogP contribution < -0.4 is 0 Å². The molecule has 0 atom stereocenters. The van der Waals surface area contributed by atoms with Crippen molar-refractivity contribution in [3.8, 4) is 0 Å². The summed E-state index contributed by atoms with van der Waals surface area (Å²) in [7, 11) is 1.68. The Kier molecular flexibility index (Phi) is 56.5. The van der Waals surface area contributed by atoms with E-state index >= 15 is 0 Å². The predicted molar refractivity (Wildman–Crippen MR) is 31.0 cm³/mol. The van der Waals surface area contributed by atoms with Gasteiger partial charge in [0.2, 0.25) is 0 Å². The van der Waals surface area contributed by atoms with Gasteiger partial charge in [0.15, 0.2) is 0 Å². The first-order valence-corrected chi connectivity index (χ1v) is 1.40. The van der Waals surface area contributed by atoms with E-state index in [9.17, 15) is 0 Å². The van der Waals surface area contributed by atoms with E-state index in [1.165, 1.54) is 0 Å². The second-order valence-corrected chi connectivity index (χ2v) is 0.577. The molecule has 0 aliphatic rings. The lowest BCUT2D eigenvalue weighted by Gasteiger charge is -1.76. The second-order valence-electron chi connectivity index (χ2n) is 0.577. The van der Waals surface area contributed by atoms with Crippen molar-refractivity contribution in [2.45, 2.75) is 21.8 Å².